The van der Waals surface area contributed by atoms with Crippen LogP contribution in [-0.4, -0.2) is 39.7 Å². The van der Waals surface area contributed by atoms with Gasteiger partial charge in [-0.15, -0.1) is 11.8 Å². The van der Waals surface area contributed by atoms with E-state index in [1.807, 2.05) is 12.1 Å². The third-order valence-electron chi connectivity index (χ3n) is 1.91. The predicted octanol–water partition coefficient (Wildman–Crippen LogP) is 0.226. The Labute approximate surface area is 97.6 Å². The largest absolute Gasteiger partial charge is 0.409 e. The summed E-state index contributed by atoms with van der Waals surface area (Å²) < 4.78 is 0. The fourth-order valence-corrected chi connectivity index (χ4v) is 2.08. The molecule has 0 aliphatic heterocycles. The highest BCUT2D eigenvalue weighted by Crippen LogP contribution is 2.23. The lowest BCUT2D eigenvalue weighted by atomic mass is 10.2. The number of rotatable bonds is 5. The molecule has 88 valence electrons. The van der Waals surface area contributed by atoms with Gasteiger partial charge in [0.1, 0.15) is 0 Å². The molecule has 1 unspecified atom stereocenters. The Balaban J connectivity index is 2.79. The molecule has 0 aliphatic rings. The van der Waals surface area contributed by atoms with E-state index in [2.05, 4.69) is 5.16 Å². The van der Waals surface area contributed by atoms with Crippen molar-refractivity contribution >= 4 is 17.6 Å². The number of aliphatic hydroxyl groups is 2. The highest BCUT2D eigenvalue weighted by molar-refractivity contribution is 7.99. The smallest absolute Gasteiger partial charge is 0.171 e. The standard InChI is InChI=1S/C10H14N2O3S/c11-10(12-15)8-3-1-2-4-9(8)16-6-7(14)5-13/h1-4,7,13-15H,5-6H2,(H2,11,12). The zero-order valence-electron chi connectivity index (χ0n) is 8.58. The molecule has 0 amide bonds. The van der Waals surface area contributed by atoms with Gasteiger partial charge >= 0.3 is 0 Å². The molecule has 5 N–H and O–H groups in total. The molecule has 0 spiro atoms. The van der Waals surface area contributed by atoms with Crippen molar-refractivity contribution in [2.75, 3.05) is 12.4 Å². The van der Waals surface area contributed by atoms with E-state index < -0.39 is 6.10 Å². The van der Waals surface area contributed by atoms with Crippen molar-refractivity contribution in [1.82, 2.24) is 0 Å². The van der Waals surface area contributed by atoms with Gasteiger partial charge in [0.2, 0.25) is 0 Å². The first-order valence-electron chi connectivity index (χ1n) is 4.67. The number of hydrogen-bond acceptors (Lipinski definition) is 5. The summed E-state index contributed by atoms with van der Waals surface area (Å²) in [7, 11) is 0. The summed E-state index contributed by atoms with van der Waals surface area (Å²) in [6.45, 7) is -0.279. The van der Waals surface area contributed by atoms with Crippen LogP contribution in [0, 0.1) is 0 Å². The number of benzene rings is 1. The van der Waals surface area contributed by atoms with Gasteiger partial charge in [-0.25, -0.2) is 0 Å². The molecule has 0 saturated carbocycles. The maximum absolute atomic E-state index is 9.22. The Morgan fingerprint density at radius 2 is 2.12 bits per heavy atom. The lowest BCUT2D eigenvalue weighted by Gasteiger charge is -2.09. The maximum Gasteiger partial charge on any atom is 0.171 e. The number of thioether (sulfide) groups is 1. The second-order valence-corrected chi connectivity index (χ2v) is 4.19. The molecule has 1 aromatic carbocycles. The van der Waals surface area contributed by atoms with Crippen LogP contribution in [0.25, 0.3) is 0 Å². The van der Waals surface area contributed by atoms with Crippen molar-refractivity contribution in [1.29, 1.82) is 0 Å². The van der Waals surface area contributed by atoms with Crippen LogP contribution in [0.1, 0.15) is 5.56 Å². The van der Waals surface area contributed by atoms with Crippen LogP contribution >= 0.6 is 11.8 Å². The number of nitrogens with two attached hydrogens (primary N) is 1. The zero-order chi connectivity index (χ0) is 12.0. The summed E-state index contributed by atoms with van der Waals surface area (Å²) in [5.74, 6) is 0.383. The van der Waals surface area contributed by atoms with Gasteiger partial charge in [0.05, 0.1) is 12.7 Å². The molecule has 0 aromatic heterocycles. The monoisotopic (exact) mass is 242 g/mol. The molecule has 1 aromatic rings. The predicted molar refractivity (Wildman–Crippen MR) is 62.8 cm³/mol. The van der Waals surface area contributed by atoms with Crippen LogP contribution < -0.4 is 5.73 Å². The minimum absolute atomic E-state index is 0.0292. The van der Waals surface area contributed by atoms with Crippen LogP contribution in [0.3, 0.4) is 0 Å². The van der Waals surface area contributed by atoms with Crippen LogP contribution in [-0.2, 0) is 0 Å². The molecular weight excluding hydrogens is 228 g/mol. The average molecular weight is 242 g/mol. The van der Waals surface area contributed by atoms with Crippen molar-refractivity contribution in [2.45, 2.75) is 11.0 Å². The van der Waals surface area contributed by atoms with Gasteiger partial charge in [0.25, 0.3) is 0 Å². The topological polar surface area (TPSA) is 99.1 Å². The van der Waals surface area contributed by atoms with Crippen LogP contribution in [0.2, 0.25) is 0 Å². The number of nitrogens with zero attached hydrogens (tertiary/aromatic N) is 1. The van der Waals surface area contributed by atoms with Crippen LogP contribution in [0.5, 0.6) is 0 Å². The normalized spacial score (nSPS) is 13.8. The van der Waals surface area contributed by atoms with Gasteiger partial charge in [-0.1, -0.05) is 23.4 Å². The second kappa shape index (κ2) is 6.37. The zero-order valence-corrected chi connectivity index (χ0v) is 9.39. The molecule has 1 rings (SSSR count). The third-order valence-corrected chi connectivity index (χ3v) is 3.13. The molecule has 5 nitrogen and oxygen atoms in total. The Hall–Kier alpha value is -1.24. The van der Waals surface area contributed by atoms with Crippen LogP contribution in [0.15, 0.2) is 34.3 Å². The maximum atomic E-state index is 9.22. The number of oxime groups is 1. The first-order valence-corrected chi connectivity index (χ1v) is 5.66. The Bertz CT molecular complexity index is 371. The molecule has 0 heterocycles. The summed E-state index contributed by atoms with van der Waals surface area (Å²) in [6, 6.07) is 7.13. The van der Waals surface area contributed by atoms with E-state index in [1.165, 1.54) is 11.8 Å². The summed E-state index contributed by atoms with van der Waals surface area (Å²) in [5, 5.41) is 29.4. The highest BCUT2D eigenvalue weighted by Gasteiger charge is 2.09. The molecule has 16 heavy (non-hydrogen) atoms. The van der Waals surface area contributed by atoms with Gasteiger partial charge in [-0.05, 0) is 6.07 Å². The van der Waals surface area contributed by atoms with Crippen molar-refractivity contribution in [2.24, 2.45) is 10.9 Å². The SMILES string of the molecule is NC(=NO)c1ccccc1SCC(O)CO. The second-order valence-electron chi connectivity index (χ2n) is 3.13. The number of aliphatic hydroxyl groups excluding tert-OH is 2. The molecule has 1 atom stereocenters. The Morgan fingerprint density at radius 1 is 1.44 bits per heavy atom. The molecule has 0 fully saturated rings. The quantitative estimate of drug-likeness (QED) is 0.195. The summed E-state index contributed by atoms with van der Waals surface area (Å²) in [6.07, 6.45) is -0.773. The van der Waals surface area contributed by atoms with E-state index in [4.69, 9.17) is 16.0 Å². The van der Waals surface area contributed by atoms with E-state index in [0.717, 1.165) is 4.90 Å². The van der Waals surface area contributed by atoms with Gasteiger partial charge in [0.15, 0.2) is 5.84 Å². The van der Waals surface area contributed by atoms with Crippen molar-refractivity contribution in [3.8, 4) is 0 Å². The van der Waals surface area contributed by atoms with Gasteiger partial charge in [-0.3, -0.25) is 0 Å². The highest BCUT2D eigenvalue weighted by atomic mass is 32.2. The molecule has 6 heteroatoms. The number of hydrogen-bond donors (Lipinski definition) is 4. The summed E-state index contributed by atoms with van der Waals surface area (Å²) in [5.41, 5.74) is 6.12. The first-order chi connectivity index (χ1) is 7.69. The van der Waals surface area contributed by atoms with Gasteiger partial charge in [0, 0.05) is 16.2 Å². The van der Waals surface area contributed by atoms with E-state index in [9.17, 15) is 5.11 Å². The molecule has 0 saturated heterocycles. The third kappa shape index (κ3) is 3.41. The van der Waals surface area contributed by atoms with Gasteiger partial charge in [-0.2, -0.15) is 0 Å². The first kappa shape index (κ1) is 12.8. The molecule has 0 aliphatic carbocycles. The van der Waals surface area contributed by atoms with Crippen molar-refractivity contribution in [3.05, 3.63) is 29.8 Å². The van der Waals surface area contributed by atoms with E-state index in [0.29, 0.717) is 11.3 Å². The van der Waals surface area contributed by atoms with E-state index in [1.54, 1.807) is 12.1 Å². The van der Waals surface area contributed by atoms with Crippen molar-refractivity contribution in [3.63, 3.8) is 0 Å². The van der Waals surface area contributed by atoms with Crippen molar-refractivity contribution < 1.29 is 15.4 Å². The minimum atomic E-state index is -0.773. The fourth-order valence-electron chi connectivity index (χ4n) is 1.10. The average Bonchev–Trinajstić information content (AvgIpc) is 2.35. The molecular formula is C10H14N2O3S. The Morgan fingerprint density at radius 3 is 2.75 bits per heavy atom. The lowest BCUT2D eigenvalue weighted by Crippen LogP contribution is -2.17. The lowest BCUT2D eigenvalue weighted by molar-refractivity contribution is 0.113. The minimum Gasteiger partial charge on any atom is -0.409 e. The summed E-state index contributed by atoms with van der Waals surface area (Å²) >= 11 is 1.34. The van der Waals surface area contributed by atoms with Crippen LogP contribution in [0.4, 0.5) is 0 Å². The van der Waals surface area contributed by atoms with E-state index >= 15 is 0 Å². The molecule has 0 bridgehead atoms. The molecule has 0 radical (unpaired) electrons. The van der Waals surface area contributed by atoms with Gasteiger partial charge < -0.3 is 21.2 Å². The van der Waals surface area contributed by atoms with E-state index in [-0.39, 0.29) is 12.4 Å². The summed E-state index contributed by atoms with van der Waals surface area (Å²) in [4.78, 5) is 0.797. The fraction of sp³-hybridized carbons (Fsp3) is 0.300. The Kier molecular flexibility index (Phi) is 5.10. The number of amidine groups is 1.